The van der Waals surface area contributed by atoms with Crippen LogP contribution in [0.2, 0.25) is 0 Å². The molecule has 3 heterocycles. The molecule has 1 saturated heterocycles. The van der Waals surface area contributed by atoms with E-state index in [0.29, 0.717) is 30.2 Å². The summed E-state index contributed by atoms with van der Waals surface area (Å²) in [4.78, 5) is 10.4. The minimum absolute atomic E-state index is 0.00356. The Balaban J connectivity index is 1.53. The van der Waals surface area contributed by atoms with Crippen molar-refractivity contribution in [3.63, 3.8) is 0 Å². The topological polar surface area (TPSA) is 85.3 Å². The molecule has 0 saturated carbocycles. The molecule has 1 fully saturated rings. The van der Waals surface area contributed by atoms with Gasteiger partial charge in [0.15, 0.2) is 17.5 Å². The van der Waals surface area contributed by atoms with Gasteiger partial charge in [-0.2, -0.15) is 18.9 Å². The highest BCUT2D eigenvalue weighted by atomic mass is 19.3. The predicted molar refractivity (Wildman–Crippen MR) is 112 cm³/mol. The van der Waals surface area contributed by atoms with Crippen LogP contribution in [0.4, 0.5) is 30.8 Å². The van der Waals surface area contributed by atoms with E-state index < -0.39 is 12.4 Å². The van der Waals surface area contributed by atoms with Gasteiger partial charge in [0, 0.05) is 18.7 Å². The van der Waals surface area contributed by atoms with Crippen LogP contribution in [-0.2, 0) is 4.74 Å². The molecule has 168 valence electrons. The highest BCUT2D eigenvalue weighted by Crippen LogP contribution is 2.26. The number of hydrogen-bond acceptors (Lipinski definition) is 8. The number of ether oxygens (including phenoxy) is 2. The second-order valence-corrected chi connectivity index (χ2v) is 7.39. The normalized spacial score (nSPS) is 18.6. The van der Waals surface area contributed by atoms with E-state index in [4.69, 9.17) is 4.74 Å². The van der Waals surface area contributed by atoms with Gasteiger partial charge in [-0.05, 0) is 37.6 Å². The number of rotatable bonds is 6. The van der Waals surface area contributed by atoms with Gasteiger partial charge in [0.1, 0.15) is 5.75 Å². The van der Waals surface area contributed by atoms with E-state index in [1.54, 1.807) is 18.2 Å². The van der Waals surface area contributed by atoms with E-state index in [2.05, 4.69) is 30.2 Å². The van der Waals surface area contributed by atoms with E-state index in [9.17, 15) is 13.2 Å². The van der Waals surface area contributed by atoms with E-state index in [-0.39, 0.29) is 29.6 Å². The molecule has 4 rings (SSSR count). The van der Waals surface area contributed by atoms with Crippen molar-refractivity contribution in [1.29, 1.82) is 0 Å². The average Bonchev–Trinajstić information content (AvgIpc) is 2.75. The van der Waals surface area contributed by atoms with Crippen LogP contribution in [0.3, 0.4) is 0 Å². The third kappa shape index (κ3) is 5.22. The Hall–Kier alpha value is -3.47. The number of halogens is 3. The van der Waals surface area contributed by atoms with Gasteiger partial charge in [-0.1, -0.05) is 12.1 Å². The standard InChI is InChI=1S/C21H21F3N6O2/c1-12-10-30(11-13(2)31-12)21-25-9-17(22)19(28-21)27-18-7-15(8-26-29-18)14-3-5-16(6-4-14)32-20(23)24/h3-9,12-13,20H,10-11H2,1-2H3,(H,25,27,28,29)/t12-,13+. The number of hydrogen-bond donors (Lipinski definition) is 1. The monoisotopic (exact) mass is 446 g/mol. The van der Waals surface area contributed by atoms with Gasteiger partial charge in [0.05, 0.1) is 24.6 Å². The summed E-state index contributed by atoms with van der Waals surface area (Å²) in [6.45, 7) is 2.21. The number of benzene rings is 1. The molecule has 1 aliphatic heterocycles. The summed E-state index contributed by atoms with van der Waals surface area (Å²) < 4.78 is 49.1. The lowest BCUT2D eigenvalue weighted by molar-refractivity contribution is -0.0498. The van der Waals surface area contributed by atoms with Gasteiger partial charge < -0.3 is 19.7 Å². The van der Waals surface area contributed by atoms with Gasteiger partial charge >= 0.3 is 6.61 Å². The van der Waals surface area contributed by atoms with Crippen molar-refractivity contribution in [3.05, 3.63) is 48.5 Å². The van der Waals surface area contributed by atoms with Gasteiger partial charge in [-0.25, -0.2) is 9.37 Å². The lowest BCUT2D eigenvalue weighted by Crippen LogP contribution is -2.46. The van der Waals surface area contributed by atoms with Crippen LogP contribution in [0.25, 0.3) is 11.1 Å². The fourth-order valence-electron chi connectivity index (χ4n) is 3.47. The zero-order chi connectivity index (χ0) is 22.7. The van der Waals surface area contributed by atoms with Crippen molar-refractivity contribution in [1.82, 2.24) is 20.2 Å². The quantitative estimate of drug-likeness (QED) is 0.608. The molecule has 0 aliphatic carbocycles. The molecule has 0 radical (unpaired) electrons. The minimum Gasteiger partial charge on any atom is -0.435 e. The Kier molecular flexibility index (Phi) is 6.35. The summed E-state index contributed by atoms with van der Waals surface area (Å²) in [5.74, 6) is 0.0292. The van der Waals surface area contributed by atoms with E-state index in [1.807, 2.05) is 18.7 Å². The summed E-state index contributed by atoms with van der Waals surface area (Å²) in [5.41, 5.74) is 1.35. The van der Waals surface area contributed by atoms with Crippen molar-refractivity contribution >= 4 is 17.6 Å². The highest BCUT2D eigenvalue weighted by molar-refractivity contribution is 5.67. The summed E-state index contributed by atoms with van der Waals surface area (Å²) in [7, 11) is 0. The van der Waals surface area contributed by atoms with Gasteiger partial charge in [-0.15, -0.1) is 5.10 Å². The predicted octanol–water partition coefficient (Wildman–Crippen LogP) is 4.03. The molecule has 1 aliphatic rings. The van der Waals surface area contributed by atoms with Crippen LogP contribution in [0.1, 0.15) is 13.8 Å². The molecule has 0 unspecified atom stereocenters. The molecule has 1 N–H and O–H groups in total. The van der Waals surface area contributed by atoms with Crippen LogP contribution in [0.5, 0.6) is 5.75 Å². The van der Waals surface area contributed by atoms with Gasteiger partial charge in [-0.3, -0.25) is 0 Å². The molecule has 0 bridgehead atoms. The summed E-state index contributed by atoms with van der Waals surface area (Å²) >= 11 is 0. The first kappa shape index (κ1) is 21.8. The number of nitrogens with one attached hydrogen (secondary N) is 1. The molecule has 1 aromatic carbocycles. The maximum atomic E-state index is 14.4. The summed E-state index contributed by atoms with van der Waals surface area (Å²) in [6.07, 6.45) is 2.62. The SMILES string of the molecule is C[C@@H]1CN(c2ncc(F)c(Nc3cc(-c4ccc(OC(F)F)cc4)cnn3)n2)C[C@H](C)O1. The molecule has 2 atom stereocenters. The Labute approximate surface area is 182 Å². The van der Waals surface area contributed by atoms with Crippen LogP contribution >= 0.6 is 0 Å². The number of nitrogens with zero attached hydrogens (tertiary/aromatic N) is 5. The maximum absolute atomic E-state index is 14.4. The second kappa shape index (κ2) is 9.35. The van der Waals surface area contributed by atoms with Crippen LogP contribution in [0, 0.1) is 5.82 Å². The number of aromatic nitrogens is 4. The molecule has 3 aromatic rings. The fourth-order valence-corrected chi connectivity index (χ4v) is 3.47. The first-order valence-corrected chi connectivity index (χ1v) is 9.95. The minimum atomic E-state index is -2.89. The first-order chi connectivity index (χ1) is 15.4. The maximum Gasteiger partial charge on any atom is 0.387 e. The lowest BCUT2D eigenvalue weighted by atomic mass is 10.1. The molecule has 32 heavy (non-hydrogen) atoms. The summed E-state index contributed by atoms with van der Waals surface area (Å²) in [6, 6.07) is 7.73. The van der Waals surface area contributed by atoms with Crippen LogP contribution in [-0.4, -0.2) is 52.1 Å². The molecule has 11 heteroatoms. The van der Waals surface area contributed by atoms with Crippen molar-refractivity contribution in [2.24, 2.45) is 0 Å². The third-order valence-corrected chi connectivity index (χ3v) is 4.75. The smallest absolute Gasteiger partial charge is 0.387 e. The molecular weight excluding hydrogens is 425 g/mol. The highest BCUT2D eigenvalue weighted by Gasteiger charge is 2.25. The average molecular weight is 446 g/mol. The zero-order valence-electron chi connectivity index (χ0n) is 17.4. The second-order valence-electron chi connectivity index (χ2n) is 7.39. The summed E-state index contributed by atoms with van der Waals surface area (Å²) in [5, 5.41) is 10.8. The number of alkyl halides is 2. The molecular formula is C21H21F3N6O2. The molecule has 8 nitrogen and oxygen atoms in total. The van der Waals surface area contributed by atoms with Gasteiger partial charge in [0.25, 0.3) is 0 Å². The Bertz CT molecular complexity index is 1060. The Morgan fingerprint density at radius 1 is 1.09 bits per heavy atom. The van der Waals surface area contributed by atoms with Crippen molar-refractivity contribution in [2.75, 3.05) is 23.3 Å². The van der Waals surface area contributed by atoms with E-state index >= 15 is 0 Å². The fraction of sp³-hybridized carbons (Fsp3) is 0.333. The zero-order valence-corrected chi connectivity index (χ0v) is 17.4. The Morgan fingerprint density at radius 3 is 2.50 bits per heavy atom. The van der Waals surface area contributed by atoms with Crippen LogP contribution in [0.15, 0.2) is 42.7 Å². The molecule has 0 amide bonds. The lowest BCUT2D eigenvalue weighted by Gasteiger charge is -2.35. The Morgan fingerprint density at radius 2 is 1.81 bits per heavy atom. The van der Waals surface area contributed by atoms with E-state index in [0.717, 1.165) is 6.20 Å². The number of morpholine rings is 1. The van der Waals surface area contributed by atoms with Gasteiger partial charge in [0.2, 0.25) is 5.95 Å². The largest absolute Gasteiger partial charge is 0.435 e. The van der Waals surface area contributed by atoms with Crippen molar-refractivity contribution in [3.8, 4) is 16.9 Å². The van der Waals surface area contributed by atoms with Crippen molar-refractivity contribution in [2.45, 2.75) is 32.7 Å². The van der Waals surface area contributed by atoms with E-state index in [1.165, 1.54) is 18.3 Å². The third-order valence-electron chi connectivity index (χ3n) is 4.75. The first-order valence-electron chi connectivity index (χ1n) is 9.95. The molecule has 0 spiro atoms. The molecule has 2 aromatic heterocycles. The number of anilines is 3. The van der Waals surface area contributed by atoms with Crippen molar-refractivity contribution < 1.29 is 22.6 Å². The van der Waals surface area contributed by atoms with Crippen LogP contribution < -0.4 is 15.0 Å².